The number of hydrogen-bond donors (Lipinski definition) is 2. The molecule has 1 aromatic heterocycles. The zero-order valence-electron chi connectivity index (χ0n) is 17.8. The Morgan fingerprint density at radius 2 is 2.00 bits per heavy atom. The number of para-hydroxylation sites is 1. The predicted molar refractivity (Wildman–Crippen MR) is 119 cm³/mol. The van der Waals surface area contributed by atoms with E-state index in [4.69, 9.17) is 4.74 Å². The molecule has 0 aliphatic rings. The number of nitrogens with one attached hydrogen (secondary N) is 2. The molecule has 0 fully saturated rings. The minimum Gasteiger partial charge on any atom is -0.497 e. The molecule has 1 amide bonds. The number of nitrogens with zero attached hydrogens (tertiary/aromatic N) is 1. The third-order valence-electron chi connectivity index (χ3n) is 5.36. The van der Waals surface area contributed by atoms with E-state index >= 15 is 0 Å². The van der Waals surface area contributed by atoms with Gasteiger partial charge in [-0.05, 0) is 49.3 Å². The van der Waals surface area contributed by atoms with Crippen molar-refractivity contribution in [1.29, 1.82) is 0 Å². The van der Waals surface area contributed by atoms with Gasteiger partial charge in [0.2, 0.25) is 5.91 Å². The number of carbonyl (C=O) groups is 1. The van der Waals surface area contributed by atoms with Gasteiger partial charge in [0.15, 0.2) is 0 Å². The van der Waals surface area contributed by atoms with E-state index in [1.165, 1.54) is 10.9 Å². The van der Waals surface area contributed by atoms with Crippen LogP contribution < -0.4 is 10.1 Å². The van der Waals surface area contributed by atoms with Crippen LogP contribution in [0.3, 0.4) is 0 Å². The lowest BCUT2D eigenvalue weighted by Crippen LogP contribution is -2.32. The predicted octanol–water partition coefficient (Wildman–Crippen LogP) is 3.94. The van der Waals surface area contributed by atoms with Crippen LogP contribution in [0.25, 0.3) is 10.9 Å². The second kappa shape index (κ2) is 9.61. The van der Waals surface area contributed by atoms with Crippen molar-refractivity contribution in [3.63, 3.8) is 0 Å². The van der Waals surface area contributed by atoms with Gasteiger partial charge in [-0.3, -0.25) is 4.79 Å². The maximum Gasteiger partial charge on any atom is 0.220 e. The number of fused-ring (bicyclic) bond motifs is 1. The number of likely N-dealkylation sites (N-methyl/N-ethyl adjacent to an activating group) is 1. The van der Waals surface area contributed by atoms with Crippen LogP contribution >= 0.6 is 0 Å². The Hall–Kier alpha value is -2.79. The molecule has 3 aromatic rings. The normalized spacial score (nSPS) is 12.3. The highest BCUT2D eigenvalue weighted by atomic mass is 16.5. The maximum atomic E-state index is 12.7. The van der Waals surface area contributed by atoms with Crippen molar-refractivity contribution in [2.45, 2.75) is 25.7 Å². The number of aromatic nitrogens is 1. The molecule has 3 rings (SSSR count). The smallest absolute Gasteiger partial charge is 0.220 e. The van der Waals surface area contributed by atoms with Gasteiger partial charge in [0.05, 0.1) is 7.11 Å². The van der Waals surface area contributed by atoms with Gasteiger partial charge in [-0.1, -0.05) is 37.3 Å². The third-order valence-corrected chi connectivity index (χ3v) is 5.36. The number of carbonyl (C=O) groups excluding carboxylic acids is 1. The zero-order valence-corrected chi connectivity index (χ0v) is 17.8. The lowest BCUT2D eigenvalue weighted by Gasteiger charge is -2.18. The highest BCUT2D eigenvalue weighted by Crippen LogP contribution is 2.35. The summed E-state index contributed by atoms with van der Waals surface area (Å²) in [6.07, 6.45) is 3.41. The van der Waals surface area contributed by atoms with Crippen molar-refractivity contribution in [3.8, 4) is 5.75 Å². The van der Waals surface area contributed by atoms with Gasteiger partial charge in [-0.15, -0.1) is 0 Å². The molecular weight excluding hydrogens is 362 g/mol. The fraction of sp³-hybridized carbons (Fsp3) is 0.375. The molecule has 0 aliphatic heterocycles. The molecule has 1 atom stereocenters. The van der Waals surface area contributed by atoms with E-state index < -0.39 is 0 Å². The van der Waals surface area contributed by atoms with E-state index in [-0.39, 0.29) is 11.8 Å². The van der Waals surface area contributed by atoms with Crippen LogP contribution in [0.5, 0.6) is 5.75 Å². The Kier molecular flexibility index (Phi) is 6.94. The number of H-pyrrole nitrogens is 1. The van der Waals surface area contributed by atoms with Crippen molar-refractivity contribution in [3.05, 3.63) is 65.4 Å². The van der Waals surface area contributed by atoms with Crippen LogP contribution in [0.4, 0.5) is 0 Å². The van der Waals surface area contributed by atoms with E-state index in [1.807, 2.05) is 32.3 Å². The summed E-state index contributed by atoms with van der Waals surface area (Å²) in [4.78, 5) is 18.3. The third kappa shape index (κ3) is 4.98. The summed E-state index contributed by atoms with van der Waals surface area (Å²) in [5.41, 5.74) is 4.67. The fourth-order valence-corrected chi connectivity index (χ4v) is 3.76. The number of ether oxygens (including phenoxy) is 1. The van der Waals surface area contributed by atoms with Crippen LogP contribution in [-0.4, -0.2) is 50.1 Å². The van der Waals surface area contributed by atoms with E-state index in [0.717, 1.165) is 35.4 Å². The lowest BCUT2D eigenvalue weighted by atomic mass is 9.87. The Morgan fingerprint density at radius 3 is 2.72 bits per heavy atom. The van der Waals surface area contributed by atoms with Crippen molar-refractivity contribution >= 4 is 16.8 Å². The molecule has 29 heavy (non-hydrogen) atoms. The summed E-state index contributed by atoms with van der Waals surface area (Å²) in [7, 11) is 5.67. The van der Waals surface area contributed by atoms with E-state index in [2.05, 4.69) is 52.6 Å². The molecule has 2 N–H and O–H groups in total. The first-order valence-corrected chi connectivity index (χ1v) is 10.2. The fourth-order valence-electron chi connectivity index (χ4n) is 3.76. The van der Waals surface area contributed by atoms with Gasteiger partial charge < -0.3 is 19.9 Å². The van der Waals surface area contributed by atoms with Crippen LogP contribution in [0.1, 0.15) is 36.0 Å². The minimum absolute atomic E-state index is 0.0506. The topological polar surface area (TPSA) is 57.4 Å². The van der Waals surface area contributed by atoms with Gasteiger partial charge >= 0.3 is 0 Å². The average Bonchev–Trinajstić information content (AvgIpc) is 3.15. The lowest BCUT2D eigenvalue weighted by molar-refractivity contribution is -0.121. The maximum absolute atomic E-state index is 12.7. The highest BCUT2D eigenvalue weighted by molar-refractivity contribution is 5.88. The molecule has 5 heteroatoms. The van der Waals surface area contributed by atoms with Gasteiger partial charge in [-0.2, -0.15) is 0 Å². The Labute approximate surface area is 173 Å². The van der Waals surface area contributed by atoms with Crippen LogP contribution in [0, 0.1) is 0 Å². The Bertz CT molecular complexity index is 962. The molecule has 1 heterocycles. The second-order valence-corrected chi connectivity index (χ2v) is 7.62. The number of aromatic amines is 1. The Morgan fingerprint density at radius 1 is 1.21 bits per heavy atom. The number of benzene rings is 2. The van der Waals surface area contributed by atoms with E-state index in [1.54, 1.807) is 7.11 Å². The molecule has 2 aromatic carbocycles. The van der Waals surface area contributed by atoms with Crippen molar-refractivity contribution in [1.82, 2.24) is 15.2 Å². The first-order valence-electron chi connectivity index (χ1n) is 10.2. The van der Waals surface area contributed by atoms with Crippen molar-refractivity contribution in [2.24, 2.45) is 0 Å². The van der Waals surface area contributed by atoms with Gasteiger partial charge in [0, 0.05) is 42.5 Å². The van der Waals surface area contributed by atoms with Crippen molar-refractivity contribution < 1.29 is 9.53 Å². The van der Waals surface area contributed by atoms with Gasteiger partial charge in [0.25, 0.3) is 0 Å². The summed E-state index contributed by atoms with van der Waals surface area (Å²) in [5, 5.41) is 4.23. The number of aryl methyl sites for hydroxylation is 1. The molecule has 5 nitrogen and oxygen atoms in total. The second-order valence-electron chi connectivity index (χ2n) is 7.62. The van der Waals surface area contributed by atoms with Crippen molar-refractivity contribution in [2.75, 3.05) is 34.3 Å². The van der Waals surface area contributed by atoms with E-state index in [0.29, 0.717) is 13.0 Å². The van der Waals surface area contributed by atoms with E-state index in [9.17, 15) is 4.79 Å². The molecule has 0 unspecified atom stereocenters. The molecular formula is C24H31N3O2. The number of hydrogen-bond acceptors (Lipinski definition) is 3. The van der Waals surface area contributed by atoms with Crippen LogP contribution in [-0.2, 0) is 11.2 Å². The minimum atomic E-state index is -0.0506. The average molecular weight is 394 g/mol. The standard InChI is InChI=1S/C24H31N3O2/c1-5-17-8-7-11-20-22(16-26-24(17)20)21(15-23(28)25-12-13-27(2)3)18-9-6-10-19(14-18)29-4/h6-11,14,16,21,26H,5,12-13,15H2,1-4H3,(H,25,28)/t21-/m1/s1. The molecule has 154 valence electrons. The summed E-state index contributed by atoms with van der Waals surface area (Å²) in [5.74, 6) is 0.806. The number of methoxy groups -OCH3 is 1. The summed E-state index contributed by atoms with van der Waals surface area (Å²) in [6.45, 7) is 3.63. The first kappa shape index (κ1) is 20.9. The molecule has 0 bridgehead atoms. The monoisotopic (exact) mass is 393 g/mol. The summed E-state index contributed by atoms with van der Waals surface area (Å²) < 4.78 is 5.43. The SMILES string of the molecule is CCc1cccc2c([C@H](CC(=O)NCCN(C)C)c3cccc(OC)c3)c[nH]c12. The molecule has 0 saturated carbocycles. The number of amides is 1. The van der Waals surface area contributed by atoms with Gasteiger partial charge in [0.1, 0.15) is 5.75 Å². The summed E-state index contributed by atoms with van der Waals surface area (Å²) in [6, 6.07) is 14.4. The van der Waals surface area contributed by atoms with Gasteiger partial charge in [-0.25, -0.2) is 0 Å². The van der Waals surface area contributed by atoms with Crippen LogP contribution in [0.2, 0.25) is 0 Å². The first-order chi connectivity index (χ1) is 14.0. The quantitative estimate of drug-likeness (QED) is 0.579. The highest BCUT2D eigenvalue weighted by Gasteiger charge is 2.22. The molecule has 0 aliphatic carbocycles. The zero-order chi connectivity index (χ0) is 20.8. The summed E-state index contributed by atoms with van der Waals surface area (Å²) >= 11 is 0. The number of rotatable bonds is 9. The largest absolute Gasteiger partial charge is 0.497 e. The Balaban J connectivity index is 1.96. The van der Waals surface area contributed by atoms with Crippen LogP contribution in [0.15, 0.2) is 48.7 Å². The molecule has 0 spiro atoms. The molecule has 0 radical (unpaired) electrons. The molecule has 0 saturated heterocycles.